The largest absolute Gasteiger partial charge is 0.372 e. The molecule has 0 aliphatic heterocycles. The molecular formula is C5H9NS3. The number of hydrogen-bond donors (Lipinski definition) is 1. The smallest absolute Gasteiger partial charge is 0.0832 e. The number of thiocarbonyl (C=S) groups is 2. The third-order valence-electron chi connectivity index (χ3n) is 0.801. The number of rotatable bonds is 2. The second-order valence-corrected chi connectivity index (χ2v) is 3.67. The van der Waals surface area contributed by atoms with E-state index < -0.39 is 0 Å². The summed E-state index contributed by atoms with van der Waals surface area (Å²) in [6.45, 7) is 0. The number of nitrogens with zero attached hydrogens (tertiary/aromatic N) is 1. The van der Waals surface area contributed by atoms with E-state index in [1.54, 1.807) is 0 Å². The lowest BCUT2D eigenvalue weighted by atomic mass is 10.4. The second-order valence-electron chi connectivity index (χ2n) is 1.86. The van der Waals surface area contributed by atoms with E-state index in [2.05, 4.69) is 12.6 Å². The Kier molecular flexibility index (Phi) is 4.35. The van der Waals surface area contributed by atoms with Gasteiger partial charge in [0.05, 0.1) is 9.19 Å². The van der Waals surface area contributed by atoms with Gasteiger partial charge in [0.15, 0.2) is 0 Å². The highest BCUT2D eigenvalue weighted by molar-refractivity contribution is 8.11. The molecule has 0 aromatic heterocycles. The minimum absolute atomic E-state index is 0.626. The fourth-order valence-corrected chi connectivity index (χ4v) is 0.917. The predicted molar refractivity (Wildman–Crippen MR) is 52.5 cm³/mol. The van der Waals surface area contributed by atoms with Crippen LogP contribution in [0.4, 0.5) is 0 Å². The van der Waals surface area contributed by atoms with Crippen LogP contribution >= 0.6 is 37.1 Å². The highest BCUT2D eigenvalue weighted by atomic mass is 32.1. The molecule has 0 heterocycles. The fourth-order valence-electron chi connectivity index (χ4n) is 0.287. The molecule has 9 heavy (non-hydrogen) atoms. The molecule has 0 aromatic carbocycles. The first-order chi connectivity index (χ1) is 4.04. The highest BCUT2D eigenvalue weighted by Crippen LogP contribution is 1.96. The lowest BCUT2D eigenvalue weighted by molar-refractivity contribution is 0.628. The number of hydrogen-bond acceptors (Lipinski definition) is 2. The average Bonchev–Trinajstić information content (AvgIpc) is 1.63. The van der Waals surface area contributed by atoms with Gasteiger partial charge in [-0.15, -0.1) is 12.6 Å². The van der Waals surface area contributed by atoms with E-state index in [1.807, 2.05) is 19.0 Å². The van der Waals surface area contributed by atoms with Crippen LogP contribution in [-0.2, 0) is 0 Å². The molecule has 0 amide bonds. The van der Waals surface area contributed by atoms with Gasteiger partial charge in [-0.25, -0.2) is 0 Å². The van der Waals surface area contributed by atoms with Crippen molar-refractivity contribution in [3.05, 3.63) is 0 Å². The van der Waals surface area contributed by atoms with Crippen LogP contribution in [0.25, 0.3) is 0 Å². The topological polar surface area (TPSA) is 3.24 Å². The summed E-state index contributed by atoms with van der Waals surface area (Å²) in [4.78, 5) is 2.69. The molecule has 0 N–H and O–H groups in total. The van der Waals surface area contributed by atoms with Crippen LogP contribution in [0.1, 0.15) is 6.42 Å². The molecule has 0 saturated carbocycles. The van der Waals surface area contributed by atoms with Gasteiger partial charge >= 0.3 is 0 Å². The molecule has 0 bridgehead atoms. The molecule has 0 rings (SSSR count). The van der Waals surface area contributed by atoms with Crippen LogP contribution in [0.2, 0.25) is 0 Å². The van der Waals surface area contributed by atoms with Crippen molar-refractivity contribution in [1.29, 1.82) is 0 Å². The van der Waals surface area contributed by atoms with E-state index in [4.69, 9.17) is 24.4 Å². The van der Waals surface area contributed by atoms with Crippen LogP contribution < -0.4 is 0 Å². The van der Waals surface area contributed by atoms with E-state index in [9.17, 15) is 0 Å². The quantitative estimate of drug-likeness (QED) is 0.506. The van der Waals surface area contributed by atoms with E-state index in [-0.39, 0.29) is 0 Å². The molecule has 0 spiro atoms. The van der Waals surface area contributed by atoms with Gasteiger partial charge in [-0.2, -0.15) is 0 Å². The zero-order valence-corrected chi connectivity index (χ0v) is 7.95. The molecule has 0 saturated heterocycles. The van der Waals surface area contributed by atoms with E-state index >= 15 is 0 Å². The summed E-state index contributed by atoms with van der Waals surface area (Å²) in [7, 11) is 3.79. The molecule has 0 aromatic rings. The summed E-state index contributed by atoms with van der Waals surface area (Å²) in [6.07, 6.45) is 0.626. The van der Waals surface area contributed by atoms with Crippen LogP contribution in [0.15, 0.2) is 0 Å². The molecule has 0 atom stereocenters. The van der Waals surface area contributed by atoms with Crippen molar-refractivity contribution in [2.45, 2.75) is 6.42 Å². The Labute approximate surface area is 71.8 Å². The summed E-state index contributed by atoms with van der Waals surface area (Å²) in [6, 6.07) is 0. The molecule has 0 unspecified atom stereocenters. The molecule has 0 radical (unpaired) electrons. The van der Waals surface area contributed by atoms with Crippen LogP contribution in [0, 0.1) is 0 Å². The van der Waals surface area contributed by atoms with Gasteiger partial charge in [-0.1, -0.05) is 24.4 Å². The zero-order chi connectivity index (χ0) is 7.44. The second kappa shape index (κ2) is 4.19. The van der Waals surface area contributed by atoms with Crippen LogP contribution in [0.5, 0.6) is 0 Å². The van der Waals surface area contributed by atoms with Crippen molar-refractivity contribution >= 4 is 46.2 Å². The van der Waals surface area contributed by atoms with Gasteiger partial charge < -0.3 is 4.90 Å². The maximum Gasteiger partial charge on any atom is 0.0832 e. The molecule has 0 aliphatic rings. The highest BCUT2D eigenvalue weighted by Gasteiger charge is 1.98. The fraction of sp³-hybridized carbons (Fsp3) is 0.600. The molecule has 4 heteroatoms. The Morgan fingerprint density at radius 3 is 2.00 bits per heavy atom. The lowest BCUT2D eigenvalue weighted by Crippen LogP contribution is -2.20. The van der Waals surface area contributed by atoms with Crippen molar-refractivity contribution in [3.63, 3.8) is 0 Å². The average molecular weight is 179 g/mol. The van der Waals surface area contributed by atoms with Crippen molar-refractivity contribution in [2.24, 2.45) is 0 Å². The van der Waals surface area contributed by atoms with Gasteiger partial charge in [0.2, 0.25) is 0 Å². The monoisotopic (exact) mass is 179 g/mol. The van der Waals surface area contributed by atoms with E-state index in [0.29, 0.717) is 10.6 Å². The first kappa shape index (κ1) is 9.33. The summed E-state index contributed by atoms with van der Waals surface area (Å²) >= 11 is 13.6. The van der Waals surface area contributed by atoms with Crippen molar-refractivity contribution in [1.82, 2.24) is 4.90 Å². The SMILES string of the molecule is CN(C)C(=S)CC(=S)S. The predicted octanol–water partition coefficient (Wildman–Crippen LogP) is 1.52. The molecule has 0 fully saturated rings. The van der Waals surface area contributed by atoms with Crippen molar-refractivity contribution < 1.29 is 0 Å². The van der Waals surface area contributed by atoms with Gasteiger partial charge in [-0.3, -0.25) is 0 Å². The molecule has 1 nitrogen and oxygen atoms in total. The normalized spacial score (nSPS) is 8.78. The molecule has 0 aliphatic carbocycles. The Balaban J connectivity index is 3.64. The summed E-state index contributed by atoms with van der Waals surface area (Å²) in [5, 5.41) is 0. The Morgan fingerprint density at radius 1 is 1.44 bits per heavy atom. The van der Waals surface area contributed by atoms with Gasteiger partial charge in [0, 0.05) is 20.5 Å². The summed E-state index contributed by atoms with van der Waals surface area (Å²) in [5.41, 5.74) is 0. The summed E-state index contributed by atoms with van der Waals surface area (Å²) < 4.78 is 0.647. The first-order valence-corrected chi connectivity index (χ1v) is 3.72. The first-order valence-electron chi connectivity index (χ1n) is 2.46. The van der Waals surface area contributed by atoms with Gasteiger partial charge in [-0.05, 0) is 0 Å². The van der Waals surface area contributed by atoms with E-state index in [0.717, 1.165) is 4.99 Å². The third-order valence-corrected chi connectivity index (χ3v) is 1.61. The minimum Gasteiger partial charge on any atom is -0.372 e. The lowest BCUT2D eigenvalue weighted by Gasteiger charge is -2.11. The molecule has 52 valence electrons. The number of thiol groups is 1. The third kappa shape index (κ3) is 4.81. The standard InChI is InChI=1S/C5H9NS3/c1-6(2)4(7)3-5(8)9/h3H2,1-2H3,(H,8,9). The Hall–Kier alpha value is 0.330. The molecular weight excluding hydrogens is 170 g/mol. The zero-order valence-electron chi connectivity index (χ0n) is 5.42. The van der Waals surface area contributed by atoms with Gasteiger partial charge in [0.25, 0.3) is 0 Å². The van der Waals surface area contributed by atoms with Crippen molar-refractivity contribution in [3.8, 4) is 0 Å². The summed E-state index contributed by atoms with van der Waals surface area (Å²) in [5.74, 6) is 0. The maximum absolute atomic E-state index is 4.94. The minimum atomic E-state index is 0.626. The Morgan fingerprint density at radius 2 is 1.89 bits per heavy atom. The van der Waals surface area contributed by atoms with Gasteiger partial charge in [0.1, 0.15) is 0 Å². The Bertz CT molecular complexity index is 130. The van der Waals surface area contributed by atoms with Crippen LogP contribution in [0.3, 0.4) is 0 Å². The van der Waals surface area contributed by atoms with Crippen molar-refractivity contribution in [2.75, 3.05) is 14.1 Å². The van der Waals surface area contributed by atoms with E-state index in [1.165, 1.54) is 0 Å². The maximum atomic E-state index is 4.94. The van der Waals surface area contributed by atoms with Crippen LogP contribution in [-0.4, -0.2) is 28.2 Å².